The number of hydrogen-bond donors (Lipinski definition) is 3. The maximum atomic E-state index is 12.5. The lowest BCUT2D eigenvalue weighted by molar-refractivity contribution is 0.166. The summed E-state index contributed by atoms with van der Waals surface area (Å²) in [6, 6.07) is 0. The van der Waals surface area contributed by atoms with E-state index in [1.54, 1.807) is 0 Å². The van der Waals surface area contributed by atoms with Crippen LogP contribution in [0.1, 0.15) is 50.8 Å². The van der Waals surface area contributed by atoms with Crippen molar-refractivity contribution in [2.75, 3.05) is 13.1 Å². The zero-order valence-electron chi connectivity index (χ0n) is 13.1. The fraction of sp³-hybridized carbons (Fsp3) is 0.786. The van der Waals surface area contributed by atoms with Crippen molar-refractivity contribution in [2.45, 2.75) is 58.0 Å². The summed E-state index contributed by atoms with van der Waals surface area (Å²) < 4.78 is 27.7. The third-order valence-corrected chi connectivity index (χ3v) is 5.64. The van der Waals surface area contributed by atoms with Gasteiger partial charge in [0.15, 0.2) is 5.03 Å². The van der Waals surface area contributed by atoms with E-state index in [9.17, 15) is 8.42 Å². The Morgan fingerprint density at radius 3 is 2.67 bits per heavy atom. The molecule has 120 valence electrons. The molecule has 1 aliphatic rings. The number of H-pyrrole nitrogens is 1. The molecule has 0 unspecified atom stereocenters. The highest BCUT2D eigenvalue weighted by molar-refractivity contribution is 7.89. The van der Waals surface area contributed by atoms with Crippen LogP contribution in [0.4, 0.5) is 0 Å². The second kappa shape index (κ2) is 6.46. The minimum absolute atomic E-state index is 0.110. The second-order valence-electron chi connectivity index (χ2n) is 6.30. The summed E-state index contributed by atoms with van der Waals surface area (Å²) in [7, 11) is -3.55. The van der Waals surface area contributed by atoms with E-state index in [1.807, 2.05) is 6.92 Å². The Kier molecular flexibility index (Phi) is 5.06. The molecule has 0 aromatic carbocycles. The smallest absolute Gasteiger partial charge is 0.260 e. The largest absolute Gasteiger partial charge is 0.313 e. The van der Waals surface area contributed by atoms with E-state index in [-0.39, 0.29) is 10.4 Å². The molecule has 1 saturated carbocycles. The van der Waals surface area contributed by atoms with Gasteiger partial charge in [-0.2, -0.15) is 5.10 Å². The molecule has 0 saturated heterocycles. The van der Waals surface area contributed by atoms with Crippen LogP contribution in [0.25, 0.3) is 0 Å². The van der Waals surface area contributed by atoms with Crippen LogP contribution in [0.3, 0.4) is 0 Å². The third-order valence-electron chi connectivity index (χ3n) is 4.27. The number of rotatable bonds is 8. The zero-order chi connectivity index (χ0) is 15.5. The Hall–Kier alpha value is -0.920. The summed E-state index contributed by atoms with van der Waals surface area (Å²) >= 11 is 0. The van der Waals surface area contributed by atoms with Gasteiger partial charge >= 0.3 is 0 Å². The van der Waals surface area contributed by atoms with Crippen LogP contribution in [-0.2, 0) is 16.6 Å². The summed E-state index contributed by atoms with van der Waals surface area (Å²) in [5, 5.41) is 10.1. The van der Waals surface area contributed by atoms with Crippen molar-refractivity contribution in [1.82, 2.24) is 20.2 Å². The van der Waals surface area contributed by atoms with Crippen molar-refractivity contribution in [3.8, 4) is 0 Å². The van der Waals surface area contributed by atoms with Gasteiger partial charge in [0.25, 0.3) is 10.0 Å². The predicted octanol–water partition coefficient (Wildman–Crippen LogP) is 1.69. The average molecular weight is 314 g/mol. The topological polar surface area (TPSA) is 86.9 Å². The Morgan fingerprint density at radius 1 is 1.38 bits per heavy atom. The first-order chi connectivity index (χ1) is 9.88. The van der Waals surface area contributed by atoms with Crippen LogP contribution in [0.2, 0.25) is 0 Å². The van der Waals surface area contributed by atoms with Gasteiger partial charge in [-0.25, -0.2) is 13.1 Å². The third kappa shape index (κ3) is 3.84. The molecule has 2 rings (SSSR count). The van der Waals surface area contributed by atoms with E-state index in [2.05, 4.69) is 34.1 Å². The van der Waals surface area contributed by atoms with Gasteiger partial charge in [-0.15, -0.1) is 0 Å². The minimum atomic E-state index is -3.55. The monoisotopic (exact) mass is 314 g/mol. The van der Waals surface area contributed by atoms with Crippen LogP contribution < -0.4 is 10.0 Å². The number of aromatic amines is 1. The van der Waals surface area contributed by atoms with Crippen molar-refractivity contribution in [1.29, 1.82) is 0 Å². The molecule has 1 fully saturated rings. The SMILES string of the molecule is CCCNCc1c(S(=O)(=O)NCC2(C)CCC2)n[nH]c1C. The predicted molar refractivity (Wildman–Crippen MR) is 82.5 cm³/mol. The highest BCUT2D eigenvalue weighted by Crippen LogP contribution is 2.39. The number of hydrogen-bond acceptors (Lipinski definition) is 4. The van der Waals surface area contributed by atoms with Crippen molar-refractivity contribution in [2.24, 2.45) is 5.41 Å². The quantitative estimate of drug-likeness (QED) is 0.637. The number of sulfonamides is 1. The van der Waals surface area contributed by atoms with E-state index in [4.69, 9.17) is 0 Å². The summed E-state index contributed by atoms with van der Waals surface area (Å²) in [6.07, 6.45) is 4.36. The van der Waals surface area contributed by atoms with Crippen LogP contribution in [-0.4, -0.2) is 31.7 Å². The first kappa shape index (κ1) is 16.5. The van der Waals surface area contributed by atoms with Gasteiger partial charge in [-0.3, -0.25) is 5.10 Å². The van der Waals surface area contributed by atoms with Gasteiger partial charge in [-0.05, 0) is 38.1 Å². The summed E-state index contributed by atoms with van der Waals surface area (Å²) in [5.41, 5.74) is 1.64. The fourth-order valence-electron chi connectivity index (χ4n) is 2.55. The molecular formula is C14H26N4O2S. The zero-order valence-corrected chi connectivity index (χ0v) is 13.9. The standard InChI is InChI=1S/C14H26N4O2S/c1-4-8-15-9-12-11(2)17-18-13(12)21(19,20)16-10-14(3)6-5-7-14/h15-16H,4-10H2,1-3H3,(H,17,18). The fourth-order valence-corrected chi connectivity index (χ4v) is 3.94. The Morgan fingerprint density at radius 2 is 2.10 bits per heavy atom. The first-order valence-corrected chi connectivity index (χ1v) is 9.10. The van der Waals surface area contributed by atoms with E-state index in [0.29, 0.717) is 13.1 Å². The van der Waals surface area contributed by atoms with Gasteiger partial charge in [0.1, 0.15) is 0 Å². The van der Waals surface area contributed by atoms with Crippen LogP contribution in [0, 0.1) is 12.3 Å². The number of nitrogens with zero attached hydrogens (tertiary/aromatic N) is 1. The molecule has 21 heavy (non-hydrogen) atoms. The molecule has 3 N–H and O–H groups in total. The van der Waals surface area contributed by atoms with Gasteiger partial charge in [0.05, 0.1) is 0 Å². The molecule has 0 spiro atoms. The molecule has 6 nitrogen and oxygen atoms in total. The molecule has 1 aromatic heterocycles. The van der Waals surface area contributed by atoms with Gasteiger partial charge in [0, 0.05) is 24.3 Å². The lowest BCUT2D eigenvalue weighted by Gasteiger charge is -2.38. The van der Waals surface area contributed by atoms with Crippen LogP contribution in [0.5, 0.6) is 0 Å². The second-order valence-corrected chi connectivity index (χ2v) is 7.98. The van der Waals surface area contributed by atoms with Crippen molar-refractivity contribution >= 4 is 10.0 Å². The summed E-state index contributed by atoms with van der Waals surface area (Å²) in [6.45, 7) is 7.91. The average Bonchev–Trinajstić information content (AvgIpc) is 2.77. The maximum Gasteiger partial charge on any atom is 0.260 e. The van der Waals surface area contributed by atoms with Gasteiger partial charge in [0.2, 0.25) is 0 Å². The molecule has 1 heterocycles. The first-order valence-electron chi connectivity index (χ1n) is 7.62. The Labute approximate surface area is 127 Å². The maximum absolute atomic E-state index is 12.5. The highest BCUT2D eigenvalue weighted by atomic mass is 32.2. The lowest BCUT2D eigenvalue weighted by atomic mass is 9.71. The Bertz CT molecular complexity index is 576. The van der Waals surface area contributed by atoms with Crippen molar-refractivity contribution in [3.63, 3.8) is 0 Å². The molecule has 0 amide bonds. The molecule has 1 aliphatic carbocycles. The van der Waals surface area contributed by atoms with E-state index in [0.717, 1.165) is 37.1 Å². The normalized spacial score (nSPS) is 17.7. The number of nitrogens with one attached hydrogen (secondary N) is 3. The Balaban J connectivity index is 2.08. The van der Waals surface area contributed by atoms with Gasteiger partial charge in [-0.1, -0.05) is 20.3 Å². The molecule has 0 aliphatic heterocycles. The number of aryl methyl sites for hydroxylation is 1. The summed E-state index contributed by atoms with van der Waals surface area (Å²) in [5.74, 6) is 0. The highest BCUT2D eigenvalue weighted by Gasteiger charge is 2.34. The molecule has 0 bridgehead atoms. The molecule has 0 radical (unpaired) electrons. The van der Waals surface area contributed by atoms with Crippen molar-refractivity contribution in [3.05, 3.63) is 11.3 Å². The molecule has 7 heteroatoms. The van der Waals surface area contributed by atoms with E-state index < -0.39 is 10.0 Å². The summed E-state index contributed by atoms with van der Waals surface area (Å²) in [4.78, 5) is 0. The van der Waals surface area contributed by atoms with Gasteiger partial charge < -0.3 is 5.32 Å². The lowest BCUT2D eigenvalue weighted by Crippen LogP contribution is -2.40. The van der Waals surface area contributed by atoms with Crippen LogP contribution >= 0.6 is 0 Å². The molecular weight excluding hydrogens is 288 g/mol. The molecule has 0 atom stereocenters. The van der Waals surface area contributed by atoms with E-state index in [1.165, 1.54) is 6.42 Å². The minimum Gasteiger partial charge on any atom is -0.313 e. The van der Waals surface area contributed by atoms with E-state index >= 15 is 0 Å². The van der Waals surface area contributed by atoms with Crippen molar-refractivity contribution < 1.29 is 8.42 Å². The molecule has 1 aromatic rings. The van der Waals surface area contributed by atoms with Crippen LogP contribution in [0.15, 0.2) is 5.03 Å². The number of aromatic nitrogens is 2.